The SMILES string of the molecule is CCNC1CCC(CO)(c2cnccn2)CC1. The summed E-state index contributed by atoms with van der Waals surface area (Å²) >= 11 is 0. The Morgan fingerprint density at radius 1 is 1.41 bits per heavy atom. The standard InChI is InChI=1S/C13H21N3O/c1-2-15-11-3-5-13(10-17,6-4-11)12-9-14-7-8-16-12/h7-9,11,15,17H,2-6,10H2,1H3. The zero-order chi connectivity index (χ0) is 12.1. The molecule has 2 N–H and O–H groups in total. The van der Waals surface area contributed by atoms with E-state index >= 15 is 0 Å². The highest BCUT2D eigenvalue weighted by molar-refractivity contribution is 5.15. The molecule has 0 atom stereocenters. The van der Waals surface area contributed by atoms with Crippen molar-refractivity contribution in [3.63, 3.8) is 0 Å². The molecule has 0 spiro atoms. The molecule has 0 aromatic carbocycles. The molecule has 1 heterocycles. The van der Waals surface area contributed by atoms with Crippen LogP contribution in [0, 0.1) is 0 Å². The molecule has 94 valence electrons. The maximum atomic E-state index is 9.72. The van der Waals surface area contributed by atoms with Gasteiger partial charge in [0.15, 0.2) is 0 Å². The lowest BCUT2D eigenvalue weighted by atomic mass is 9.71. The highest BCUT2D eigenvalue weighted by Gasteiger charge is 2.37. The first kappa shape index (κ1) is 12.5. The van der Waals surface area contributed by atoms with Gasteiger partial charge < -0.3 is 10.4 Å². The second-order valence-electron chi connectivity index (χ2n) is 4.86. The van der Waals surface area contributed by atoms with Crippen LogP contribution in [-0.2, 0) is 5.41 Å². The van der Waals surface area contributed by atoms with Crippen LogP contribution in [0.3, 0.4) is 0 Å². The van der Waals surface area contributed by atoms with E-state index < -0.39 is 0 Å². The summed E-state index contributed by atoms with van der Waals surface area (Å²) in [4.78, 5) is 8.49. The van der Waals surface area contributed by atoms with E-state index in [1.54, 1.807) is 18.6 Å². The van der Waals surface area contributed by atoms with Gasteiger partial charge in [0, 0.05) is 30.0 Å². The lowest BCUT2D eigenvalue weighted by Crippen LogP contribution is -2.42. The highest BCUT2D eigenvalue weighted by Crippen LogP contribution is 2.37. The van der Waals surface area contributed by atoms with Crippen LogP contribution in [0.2, 0.25) is 0 Å². The number of aliphatic hydroxyl groups excluding tert-OH is 1. The van der Waals surface area contributed by atoms with E-state index in [9.17, 15) is 5.11 Å². The van der Waals surface area contributed by atoms with E-state index in [4.69, 9.17) is 0 Å². The van der Waals surface area contributed by atoms with Crippen LogP contribution >= 0.6 is 0 Å². The minimum absolute atomic E-state index is 0.166. The summed E-state index contributed by atoms with van der Waals surface area (Å²) in [6.45, 7) is 3.32. The Morgan fingerprint density at radius 3 is 2.71 bits per heavy atom. The molecule has 1 aromatic heterocycles. The zero-order valence-corrected chi connectivity index (χ0v) is 10.4. The van der Waals surface area contributed by atoms with Gasteiger partial charge in [-0.2, -0.15) is 0 Å². The van der Waals surface area contributed by atoms with Crippen LogP contribution in [0.15, 0.2) is 18.6 Å². The molecule has 1 saturated carbocycles. The van der Waals surface area contributed by atoms with Gasteiger partial charge in [0.25, 0.3) is 0 Å². The molecule has 2 rings (SSSR count). The number of nitrogens with one attached hydrogen (secondary N) is 1. The van der Waals surface area contributed by atoms with Gasteiger partial charge >= 0.3 is 0 Å². The smallest absolute Gasteiger partial charge is 0.0671 e. The van der Waals surface area contributed by atoms with Crippen LogP contribution in [0.25, 0.3) is 0 Å². The molecule has 0 unspecified atom stereocenters. The summed E-state index contributed by atoms with van der Waals surface area (Å²) in [6, 6.07) is 0.594. The zero-order valence-electron chi connectivity index (χ0n) is 10.4. The van der Waals surface area contributed by atoms with E-state index in [1.165, 1.54) is 0 Å². The largest absolute Gasteiger partial charge is 0.395 e. The topological polar surface area (TPSA) is 58.0 Å². The van der Waals surface area contributed by atoms with E-state index in [0.29, 0.717) is 6.04 Å². The van der Waals surface area contributed by atoms with Gasteiger partial charge in [-0.3, -0.25) is 9.97 Å². The average Bonchev–Trinajstić information content (AvgIpc) is 2.41. The summed E-state index contributed by atoms with van der Waals surface area (Å²) < 4.78 is 0. The Morgan fingerprint density at radius 2 is 2.18 bits per heavy atom. The van der Waals surface area contributed by atoms with Gasteiger partial charge in [-0.1, -0.05) is 6.92 Å². The van der Waals surface area contributed by atoms with Crippen LogP contribution in [0.4, 0.5) is 0 Å². The van der Waals surface area contributed by atoms with E-state index in [2.05, 4.69) is 22.2 Å². The second-order valence-corrected chi connectivity index (χ2v) is 4.86. The van der Waals surface area contributed by atoms with Crippen molar-refractivity contribution < 1.29 is 5.11 Å². The van der Waals surface area contributed by atoms with E-state index in [1.807, 2.05) is 0 Å². The molecule has 0 saturated heterocycles. The maximum Gasteiger partial charge on any atom is 0.0671 e. The summed E-state index contributed by atoms with van der Waals surface area (Å²) in [5, 5.41) is 13.2. The first-order chi connectivity index (χ1) is 8.30. The maximum absolute atomic E-state index is 9.72. The van der Waals surface area contributed by atoms with Crippen molar-refractivity contribution in [1.82, 2.24) is 15.3 Å². The Bertz CT molecular complexity index is 334. The molecule has 4 heteroatoms. The average molecular weight is 235 g/mol. The molecular formula is C13H21N3O. The van der Waals surface area contributed by atoms with Gasteiger partial charge in [-0.15, -0.1) is 0 Å². The molecule has 0 amide bonds. The van der Waals surface area contributed by atoms with Crippen LogP contribution < -0.4 is 5.32 Å². The first-order valence-electron chi connectivity index (χ1n) is 6.41. The number of hydrogen-bond donors (Lipinski definition) is 2. The number of hydrogen-bond acceptors (Lipinski definition) is 4. The molecule has 17 heavy (non-hydrogen) atoms. The van der Waals surface area contributed by atoms with Crippen molar-refractivity contribution in [1.29, 1.82) is 0 Å². The normalized spacial score (nSPS) is 29.2. The predicted octanol–water partition coefficient (Wildman–Crippen LogP) is 1.26. The Hall–Kier alpha value is -1.00. The summed E-state index contributed by atoms with van der Waals surface area (Å²) in [5.74, 6) is 0. The van der Waals surface area contributed by atoms with Crippen molar-refractivity contribution in [3.05, 3.63) is 24.3 Å². The third kappa shape index (κ3) is 2.64. The number of rotatable bonds is 4. The van der Waals surface area contributed by atoms with Gasteiger partial charge in [0.1, 0.15) is 0 Å². The number of aliphatic hydroxyl groups is 1. The van der Waals surface area contributed by atoms with Gasteiger partial charge in [0.05, 0.1) is 12.3 Å². The van der Waals surface area contributed by atoms with Crippen molar-refractivity contribution in [2.75, 3.05) is 13.2 Å². The molecule has 0 bridgehead atoms. The second kappa shape index (κ2) is 5.56. The molecule has 1 aromatic rings. The van der Waals surface area contributed by atoms with Crippen LogP contribution in [-0.4, -0.2) is 34.3 Å². The van der Waals surface area contributed by atoms with Gasteiger partial charge in [-0.25, -0.2) is 0 Å². The molecule has 1 aliphatic rings. The van der Waals surface area contributed by atoms with Gasteiger partial charge in [-0.05, 0) is 32.2 Å². The minimum Gasteiger partial charge on any atom is -0.395 e. The third-order valence-electron chi connectivity index (χ3n) is 3.84. The fourth-order valence-corrected chi connectivity index (χ4v) is 2.73. The predicted molar refractivity (Wildman–Crippen MR) is 66.7 cm³/mol. The molecular weight excluding hydrogens is 214 g/mol. The molecule has 1 aliphatic carbocycles. The molecule has 0 radical (unpaired) electrons. The van der Waals surface area contributed by atoms with Crippen molar-refractivity contribution in [2.45, 2.75) is 44.1 Å². The van der Waals surface area contributed by atoms with E-state index in [0.717, 1.165) is 37.9 Å². The first-order valence-corrected chi connectivity index (χ1v) is 6.41. The Balaban J connectivity index is 2.08. The van der Waals surface area contributed by atoms with Gasteiger partial charge in [0.2, 0.25) is 0 Å². The van der Waals surface area contributed by atoms with Crippen LogP contribution in [0.5, 0.6) is 0 Å². The summed E-state index contributed by atoms with van der Waals surface area (Å²) in [5.41, 5.74) is 0.776. The lowest BCUT2D eigenvalue weighted by molar-refractivity contribution is 0.135. The minimum atomic E-state index is -0.166. The van der Waals surface area contributed by atoms with Crippen molar-refractivity contribution in [3.8, 4) is 0 Å². The van der Waals surface area contributed by atoms with Crippen molar-refractivity contribution >= 4 is 0 Å². The van der Waals surface area contributed by atoms with E-state index in [-0.39, 0.29) is 12.0 Å². The lowest BCUT2D eigenvalue weighted by Gasteiger charge is -2.38. The summed E-state index contributed by atoms with van der Waals surface area (Å²) in [7, 11) is 0. The number of aromatic nitrogens is 2. The monoisotopic (exact) mass is 235 g/mol. The summed E-state index contributed by atoms with van der Waals surface area (Å²) in [6.07, 6.45) is 9.36. The molecule has 1 fully saturated rings. The Kier molecular flexibility index (Phi) is 4.07. The quantitative estimate of drug-likeness (QED) is 0.825. The van der Waals surface area contributed by atoms with Crippen molar-refractivity contribution in [2.24, 2.45) is 0 Å². The molecule has 0 aliphatic heterocycles. The number of nitrogens with zero attached hydrogens (tertiary/aromatic N) is 2. The highest BCUT2D eigenvalue weighted by atomic mass is 16.3. The van der Waals surface area contributed by atoms with Crippen LogP contribution in [0.1, 0.15) is 38.3 Å². The third-order valence-corrected chi connectivity index (χ3v) is 3.84. The Labute approximate surface area is 102 Å². The fraction of sp³-hybridized carbons (Fsp3) is 0.692. The molecule has 4 nitrogen and oxygen atoms in total. The fourth-order valence-electron chi connectivity index (χ4n) is 2.73.